The maximum atomic E-state index is 12.5. The van der Waals surface area contributed by atoms with Crippen LogP contribution < -0.4 is 5.73 Å². The zero-order valence-corrected chi connectivity index (χ0v) is 16.9. The predicted octanol–water partition coefficient (Wildman–Crippen LogP) is 2.94. The van der Waals surface area contributed by atoms with Crippen molar-refractivity contribution in [3.8, 4) is 0 Å². The average Bonchev–Trinajstić information content (AvgIpc) is 2.94. The van der Waals surface area contributed by atoms with E-state index in [1.54, 1.807) is 15.7 Å². The summed E-state index contributed by atoms with van der Waals surface area (Å²) >= 11 is 6.51. The van der Waals surface area contributed by atoms with Gasteiger partial charge in [0.15, 0.2) is 0 Å². The van der Waals surface area contributed by atoms with E-state index in [-0.39, 0.29) is 17.7 Å². The number of hydrogen-bond acceptors (Lipinski definition) is 3. The molecule has 0 radical (unpaired) electrons. The maximum Gasteiger partial charge on any atom is 0.246 e. The number of hydrogen-bond donors (Lipinski definition) is 1. The van der Waals surface area contributed by atoms with Crippen LogP contribution in [0.2, 0.25) is 5.15 Å². The number of amides is 2. The Bertz CT molecular complexity index is 902. The number of benzene rings is 1. The third-order valence-electron chi connectivity index (χ3n) is 5.09. The third kappa shape index (κ3) is 4.62. The first-order valence-corrected chi connectivity index (χ1v) is 9.77. The predicted molar refractivity (Wildman–Crippen MR) is 110 cm³/mol. The smallest absolute Gasteiger partial charge is 0.246 e. The Morgan fingerprint density at radius 2 is 2.00 bits per heavy atom. The first-order valence-electron chi connectivity index (χ1n) is 9.40. The minimum atomic E-state index is -0.349. The van der Waals surface area contributed by atoms with E-state index in [0.717, 1.165) is 29.7 Å². The van der Waals surface area contributed by atoms with Crippen LogP contribution in [0.5, 0.6) is 0 Å². The number of rotatable bonds is 5. The van der Waals surface area contributed by atoms with Crippen LogP contribution >= 0.6 is 11.6 Å². The molecule has 1 atom stereocenters. The summed E-state index contributed by atoms with van der Waals surface area (Å²) in [6.07, 6.45) is 4.71. The number of nitrogens with two attached hydrogens (primary N) is 1. The van der Waals surface area contributed by atoms with E-state index >= 15 is 0 Å². The normalized spacial score (nSPS) is 17.2. The fourth-order valence-corrected chi connectivity index (χ4v) is 3.69. The molecule has 1 fully saturated rings. The zero-order chi connectivity index (χ0) is 20.3. The summed E-state index contributed by atoms with van der Waals surface area (Å²) < 4.78 is 1.73. The van der Waals surface area contributed by atoms with Crippen molar-refractivity contribution in [2.75, 3.05) is 13.1 Å². The monoisotopic (exact) mass is 400 g/mol. The van der Waals surface area contributed by atoms with Gasteiger partial charge in [0.2, 0.25) is 11.8 Å². The minimum Gasteiger partial charge on any atom is -0.369 e. The van der Waals surface area contributed by atoms with Crippen molar-refractivity contribution in [1.29, 1.82) is 0 Å². The SMILES string of the molecule is Cc1ccc(Cn2nc(C)c(/C=C/C(=O)N3CCCC(C(N)=O)C3)c2Cl)cc1. The van der Waals surface area contributed by atoms with Gasteiger partial charge in [-0.3, -0.25) is 9.59 Å². The summed E-state index contributed by atoms with van der Waals surface area (Å²) in [4.78, 5) is 25.6. The summed E-state index contributed by atoms with van der Waals surface area (Å²) in [7, 11) is 0. The molecule has 1 saturated heterocycles. The van der Waals surface area contributed by atoms with Crippen molar-refractivity contribution in [2.45, 2.75) is 33.2 Å². The molecule has 1 unspecified atom stereocenters. The van der Waals surface area contributed by atoms with Crippen LogP contribution in [-0.4, -0.2) is 39.6 Å². The van der Waals surface area contributed by atoms with Gasteiger partial charge in [0.1, 0.15) is 5.15 Å². The highest BCUT2D eigenvalue weighted by atomic mass is 35.5. The van der Waals surface area contributed by atoms with Crippen LogP contribution in [0, 0.1) is 19.8 Å². The van der Waals surface area contributed by atoms with Crippen LogP contribution in [0.25, 0.3) is 6.08 Å². The molecular formula is C21H25ClN4O2. The molecule has 3 rings (SSSR count). The second kappa shape index (κ2) is 8.61. The number of primary amides is 1. The van der Waals surface area contributed by atoms with E-state index in [9.17, 15) is 9.59 Å². The fourth-order valence-electron chi connectivity index (χ4n) is 3.40. The minimum absolute atomic E-state index is 0.146. The summed E-state index contributed by atoms with van der Waals surface area (Å²) in [5, 5.41) is 5.00. The second-order valence-electron chi connectivity index (χ2n) is 7.29. The van der Waals surface area contributed by atoms with Gasteiger partial charge in [-0.2, -0.15) is 5.10 Å². The lowest BCUT2D eigenvalue weighted by molar-refractivity contribution is -0.130. The number of piperidine rings is 1. The lowest BCUT2D eigenvalue weighted by Crippen LogP contribution is -2.43. The molecule has 2 heterocycles. The standard InChI is InChI=1S/C21H25ClN4O2/c1-14-5-7-16(8-6-14)12-26-20(22)18(15(2)24-26)9-10-19(27)25-11-3-4-17(13-25)21(23)28/h5-10,17H,3-4,11-13H2,1-2H3,(H2,23,28)/b10-9+. The number of likely N-dealkylation sites (tertiary alicyclic amines) is 1. The van der Waals surface area contributed by atoms with Gasteiger partial charge in [-0.1, -0.05) is 41.4 Å². The zero-order valence-electron chi connectivity index (χ0n) is 16.2. The number of carbonyl (C=O) groups is 2. The molecule has 7 heteroatoms. The van der Waals surface area contributed by atoms with E-state index in [1.807, 2.05) is 26.0 Å². The van der Waals surface area contributed by atoms with Crippen molar-refractivity contribution in [2.24, 2.45) is 11.7 Å². The summed E-state index contributed by atoms with van der Waals surface area (Å²) in [5.74, 6) is -0.765. The maximum absolute atomic E-state index is 12.5. The number of carbonyl (C=O) groups excluding carboxylic acids is 2. The van der Waals surface area contributed by atoms with E-state index in [1.165, 1.54) is 11.6 Å². The first kappa shape index (κ1) is 20.1. The van der Waals surface area contributed by atoms with Crippen LogP contribution in [0.3, 0.4) is 0 Å². The molecule has 2 amide bonds. The molecule has 0 saturated carbocycles. The van der Waals surface area contributed by atoms with E-state index in [4.69, 9.17) is 17.3 Å². The topological polar surface area (TPSA) is 81.2 Å². The number of aryl methyl sites for hydroxylation is 2. The van der Waals surface area contributed by atoms with Gasteiger partial charge in [0.05, 0.1) is 18.2 Å². The van der Waals surface area contributed by atoms with Crippen molar-refractivity contribution >= 4 is 29.5 Å². The largest absolute Gasteiger partial charge is 0.369 e. The molecule has 1 aliphatic rings. The van der Waals surface area contributed by atoms with E-state index in [2.05, 4.69) is 17.2 Å². The molecule has 0 spiro atoms. The van der Waals surface area contributed by atoms with Crippen LogP contribution in [-0.2, 0) is 16.1 Å². The molecule has 1 aromatic carbocycles. The van der Waals surface area contributed by atoms with Crippen molar-refractivity contribution < 1.29 is 9.59 Å². The van der Waals surface area contributed by atoms with Crippen LogP contribution in [0.4, 0.5) is 0 Å². The van der Waals surface area contributed by atoms with Gasteiger partial charge < -0.3 is 10.6 Å². The first-order chi connectivity index (χ1) is 13.3. The van der Waals surface area contributed by atoms with Gasteiger partial charge in [0.25, 0.3) is 0 Å². The Hall–Kier alpha value is -2.60. The average molecular weight is 401 g/mol. The fraction of sp³-hybridized carbons (Fsp3) is 0.381. The van der Waals surface area contributed by atoms with Gasteiger partial charge in [0, 0.05) is 24.7 Å². The Balaban J connectivity index is 1.71. The highest BCUT2D eigenvalue weighted by Gasteiger charge is 2.26. The van der Waals surface area contributed by atoms with Gasteiger partial charge in [-0.05, 0) is 38.3 Å². The molecule has 1 aromatic heterocycles. The van der Waals surface area contributed by atoms with Crippen LogP contribution in [0.1, 0.15) is 35.2 Å². The summed E-state index contributed by atoms with van der Waals surface area (Å²) in [6.45, 7) is 5.48. The van der Waals surface area contributed by atoms with Crippen molar-refractivity contribution in [1.82, 2.24) is 14.7 Å². The Labute approximate surface area is 170 Å². The van der Waals surface area contributed by atoms with Gasteiger partial charge >= 0.3 is 0 Å². The highest BCUT2D eigenvalue weighted by Crippen LogP contribution is 2.23. The number of aromatic nitrogens is 2. The molecule has 0 aliphatic carbocycles. The lowest BCUT2D eigenvalue weighted by Gasteiger charge is -2.30. The van der Waals surface area contributed by atoms with Crippen molar-refractivity contribution in [3.63, 3.8) is 0 Å². The summed E-state index contributed by atoms with van der Waals surface area (Å²) in [6, 6.07) is 8.20. The molecule has 148 valence electrons. The second-order valence-corrected chi connectivity index (χ2v) is 7.65. The number of nitrogens with zero attached hydrogens (tertiary/aromatic N) is 3. The van der Waals surface area contributed by atoms with Gasteiger partial charge in [-0.15, -0.1) is 0 Å². The molecule has 1 aliphatic heterocycles. The quantitative estimate of drug-likeness (QED) is 0.783. The highest BCUT2D eigenvalue weighted by molar-refractivity contribution is 6.31. The summed E-state index contributed by atoms with van der Waals surface area (Å²) in [5.41, 5.74) is 9.17. The molecule has 2 aromatic rings. The Morgan fingerprint density at radius 3 is 2.68 bits per heavy atom. The van der Waals surface area contributed by atoms with Crippen LogP contribution in [0.15, 0.2) is 30.3 Å². The Kier molecular flexibility index (Phi) is 6.19. The molecule has 0 bridgehead atoms. The molecule has 6 nitrogen and oxygen atoms in total. The lowest BCUT2D eigenvalue weighted by atomic mass is 9.97. The van der Waals surface area contributed by atoms with E-state index in [0.29, 0.717) is 24.8 Å². The third-order valence-corrected chi connectivity index (χ3v) is 5.49. The Morgan fingerprint density at radius 1 is 1.29 bits per heavy atom. The molecule has 28 heavy (non-hydrogen) atoms. The molecular weight excluding hydrogens is 376 g/mol. The number of halogens is 1. The van der Waals surface area contributed by atoms with Crippen molar-refractivity contribution in [3.05, 3.63) is 57.9 Å². The molecule has 2 N–H and O–H groups in total. The van der Waals surface area contributed by atoms with Gasteiger partial charge in [-0.25, -0.2) is 4.68 Å². The van der Waals surface area contributed by atoms with E-state index < -0.39 is 0 Å².